The third-order valence-electron chi connectivity index (χ3n) is 3.03. The number of hydrogen-bond donors (Lipinski definition) is 1. The molecule has 0 radical (unpaired) electrons. The summed E-state index contributed by atoms with van der Waals surface area (Å²) in [5, 5.41) is 12.7. The van der Waals surface area contributed by atoms with Crippen LogP contribution in [0, 0.1) is 0 Å². The molecule has 17 heavy (non-hydrogen) atoms. The van der Waals surface area contributed by atoms with Crippen molar-refractivity contribution in [2.24, 2.45) is 0 Å². The summed E-state index contributed by atoms with van der Waals surface area (Å²) in [4.78, 5) is 4.18. The first-order chi connectivity index (χ1) is 8.34. The van der Waals surface area contributed by atoms with Gasteiger partial charge >= 0.3 is 0 Å². The Labute approximate surface area is 104 Å². The Morgan fingerprint density at radius 1 is 1.47 bits per heavy atom. The molecule has 0 spiro atoms. The zero-order valence-electron chi connectivity index (χ0n) is 9.30. The smallest absolute Gasteiger partial charge is 0.140 e. The van der Waals surface area contributed by atoms with Crippen molar-refractivity contribution < 1.29 is 9.84 Å². The van der Waals surface area contributed by atoms with Crippen LogP contribution in [0.2, 0.25) is 0 Å². The second kappa shape index (κ2) is 4.47. The molecule has 0 amide bonds. The summed E-state index contributed by atoms with van der Waals surface area (Å²) in [6.07, 6.45) is 3.15. The van der Waals surface area contributed by atoms with E-state index in [4.69, 9.17) is 4.74 Å². The van der Waals surface area contributed by atoms with Crippen molar-refractivity contribution in [2.75, 3.05) is 0 Å². The zero-order chi connectivity index (χ0) is 11.7. The van der Waals surface area contributed by atoms with Crippen molar-refractivity contribution in [3.05, 3.63) is 45.9 Å². The second-order valence-electron chi connectivity index (χ2n) is 4.09. The Balaban J connectivity index is 1.80. The van der Waals surface area contributed by atoms with Crippen LogP contribution >= 0.6 is 11.3 Å². The Morgan fingerprint density at radius 2 is 2.41 bits per heavy atom. The predicted octanol–water partition coefficient (Wildman–Crippen LogP) is 2.70. The average Bonchev–Trinajstić information content (AvgIpc) is 2.97. The molecule has 1 atom stereocenters. The Bertz CT molecular complexity index is 510. The van der Waals surface area contributed by atoms with Gasteiger partial charge in [-0.1, -0.05) is 12.1 Å². The molecule has 88 valence electrons. The highest BCUT2D eigenvalue weighted by atomic mass is 32.1. The highest BCUT2D eigenvalue weighted by Gasteiger charge is 2.23. The maximum absolute atomic E-state index is 9.79. The van der Waals surface area contributed by atoms with Gasteiger partial charge in [0.25, 0.3) is 0 Å². The van der Waals surface area contributed by atoms with Gasteiger partial charge in [0.2, 0.25) is 0 Å². The number of aliphatic hydroxyl groups excluding tert-OH is 1. The van der Waals surface area contributed by atoms with Crippen LogP contribution in [0.3, 0.4) is 0 Å². The molecule has 0 bridgehead atoms. The topological polar surface area (TPSA) is 42.4 Å². The molecule has 2 aromatic rings. The predicted molar refractivity (Wildman–Crippen MR) is 66.2 cm³/mol. The van der Waals surface area contributed by atoms with Crippen molar-refractivity contribution in [2.45, 2.75) is 25.6 Å². The lowest BCUT2D eigenvalue weighted by Crippen LogP contribution is -1.98. The molecule has 1 aromatic heterocycles. The van der Waals surface area contributed by atoms with Crippen LogP contribution in [0.5, 0.6) is 5.75 Å². The van der Waals surface area contributed by atoms with E-state index in [9.17, 15) is 5.11 Å². The highest BCUT2D eigenvalue weighted by Crippen LogP contribution is 2.36. The molecule has 1 aliphatic carbocycles. The molecule has 1 unspecified atom stereocenters. The van der Waals surface area contributed by atoms with E-state index >= 15 is 0 Å². The summed E-state index contributed by atoms with van der Waals surface area (Å²) in [5.74, 6) is 0.884. The van der Waals surface area contributed by atoms with Gasteiger partial charge in [0.15, 0.2) is 0 Å². The Hall–Kier alpha value is -1.39. The molecule has 3 nitrogen and oxygen atoms in total. The summed E-state index contributed by atoms with van der Waals surface area (Å²) in [7, 11) is 0. The average molecular weight is 247 g/mol. The minimum atomic E-state index is -0.326. The van der Waals surface area contributed by atoms with Gasteiger partial charge in [-0.05, 0) is 24.5 Å². The van der Waals surface area contributed by atoms with E-state index < -0.39 is 0 Å². The molecule has 1 N–H and O–H groups in total. The number of aliphatic hydroxyl groups is 1. The standard InChI is InChI=1S/C13H13NO2S/c15-11-5-4-10-9(11)2-1-3-12(10)16-8-13-14-6-7-17-13/h1-3,6-7,11,15H,4-5,8H2. The minimum absolute atomic E-state index is 0.326. The van der Waals surface area contributed by atoms with E-state index in [1.165, 1.54) is 0 Å². The zero-order valence-corrected chi connectivity index (χ0v) is 10.1. The SMILES string of the molecule is OC1CCc2c(OCc3nccs3)cccc21. The van der Waals surface area contributed by atoms with Gasteiger partial charge in [0, 0.05) is 17.1 Å². The largest absolute Gasteiger partial charge is 0.486 e. The lowest BCUT2D eigenvalue weighted by atomic mass is 10.1. The fourth-order valence-electron chi connectivity index (χ4n) is 2.20. The van der Waals surface area contributed by atoms with Crippen LogP contribution < -0.4 is 4.74 Å². The number of hydrogen-bond acceptors (Lipinski definition) is 4. The first kappa shape index (κ1) is 10.7. The third-order valence-corrected chi connectivity index (χ3v) is 3.78. The van der Waals surface area contributed by atoms with Gasteiger partial charge in [0.1, 0.15) is 17.4 Å². The quantitative estimate of drug-likeness (QED) is 0.906. The second-order valence-corrected chi connectivity index (χ2v) is 5.07. The lowest BCUT2D eigenvalue weighted by Gasteiger charge is -2.10. The number of aromatic nitrogens is 1. The minimum Gasteiger partial charge on any atom is -0.486 e. The molecule has 0 aliphatic heterocycles. The number of ether oxygens (including phenoxy) is 1. The van der Waals surface area contributed by atoms with Crippen molar-refractivity contribution in [1.29, 1.82) is 0 Å². The third kappa shape index (κ3) is 2.06. The van der Waals surface area contributed by atoms with Crippen molar-refractivity contribution in [3.8, 4) is 5.75 Å². The first-order valence-electron chi connectivity index (χ1n) is 5.65. The van der Waals surface area contributed by atoms with Crippen LogP contribution in [-0.4, -0.2) is 10.1 Å². The summed E-state index contributed by atoms with van der Waals surface area (Å²) in [6.45, 7) is 0.504. The number of rotatable bonds is 3. The lowest BCUT2D eigenvalue weighted by molar-refractivity contribution is 0.180. The molecule has 0 saturated heterocycles. The monoisotopic (exact) mass is 247 g/mol. The summed E-state index contributed by atoms with van der Waals surface area (Å²) >= 11 is 1.59. The molecule has 1 aliphatic rings. The Kier molecular flexibility index (Phi) is 2.82. The highest BCUT2D eigenvalue weighted by molar-refractivity contribution is 7.09. The van der Waals surface area contributed by atoms with Crippen LogP contribution in [-0.2, 0) is 13.0 Å². The normalized spacial score (nSPS) is 18.1. The van der Waals surface area contributed by atoms with E-state index in [1.54, 1.807) is 17.5 Å². The summed E-state index contributed by atoms with van der Waals surface area (Å²) in [5.41, 5.74) is 2.16. The molecule has 0 fully saturated rings. The number of nitrogens with zero attached hydrogens (tertiary/aromatic N) is 1. The molecule has 1 aromatic carbocycles. The van der Waals surface area contributed by atoms with Crippen LogP contribution in [0.4, 0.5) is 0 Å². The molecule has 0 saturated carbocycles. The molecule has 3 rings (SSSR count). The van der Waals surface area contributed by atoms with Gasteiger partial charge in [-0.2, -0.15) is 0 Å². The fraction of sp³-hybridized carbons (Fsp3) is 0.308. The van der Waals surface area contributed by atoms with Crippen LogP contribution in [0.1, 0.15) is 28.7 Å². The number of thiazole rings is 1. The van der Waals surface area contributed by atoms with Gasteiger partial charge in [0.05, 0.1) is 6.10 Å². The van der Waals surface area contributed by atoms with Gasteiger partial charge in [-0.25, -0.2) is 4.98 Å². The molecular weight excluding hydrogens is 234 g/mol. The molecule has 4 heteroatoms. The maximum Gasteiger partial charge on any atom is 0.140 e. The van der Waals surface area contributed by atoms with E-state index in [1.807, 2.05) is 23.6 Å². The maximum atomic E-state index is 9.79. The van der Waals surface area contributed by atoms with E-state index in [0.29, 0.717) is 6.61 Å². The van der Waals surface area contributed by atoms with E-state index in [-0.39, 0.29) is 6.10 Å². The van der Waals surface area contributed by atoms with Crippen molar-refractivity contribution >= 4 is 11.3 Å². The van der Waals surface area contributed by atoms with Crippen LogP contribution in [0.25, 0.3) is 0 Å². The van der Waals surface area contributed by atoms with Crippen LogP contribution in [0.15, 0.2) is 29.8 Å². The first-order valence-corrected chi connectivity index (χ1v) is 6.53. The summed E-state index contributed by atoms with van der Waals surface area (Å²) < 4.78 is 5.78. The van der Waals surface area contributed by atoms with Gasteiger partial charge in [-0.3, -0.25) is 0 Å². The number of benzene rings is 1. The van der Waals surface area contributed by atoms with Crippen molar-refractivity contribution in [1.82, 2.24) is 4.98 Å². The molecule has 1 heterocycles. The Morgan fingerprint density at radius 3 is 3.24 bits per heavy atom. The van der Waals surface area contributed by atoms with Gasteiger partial charge in [-0.15, -0.1) is 11.3 Å². The summed E-state index contributed by atoms with van der Waals surface area (Å²) in [6, 6.07) is 5.87. The van der Waals surface area contributed by atoms with E-state index in [2.05, 4.69) is 4.98 Å². The fourth-order valence-corrected chi connectivity index (χ4v) is 2.73. The van der Waals surface area contributed by atoms with Crippen molar-refractivity contribution in [3.63, 3.8) is 0 Å². The van der Waals surface area contributed by atoms with Gasteiger partial charge < -0.3 is 9.84 Å². The molecular formula is C13H13NO2S. The van der Waals surface area contributed by atoms with E-state index in [0.717, 1.165) is 34.7 Å². The number of fused-ring (bicyclic) bond motifs is 1.